The molecule has 8 nitrogen and oxygen atoms in total. The summed E-state index contributed by atoms with van der Waals surface area (Å²) in [6.07, 6.45) is 2.37. The Labute approximate surface area is 180 Å². The number of sulfonamides is 1. The molecule has 4 N–H and O–H groups in total. The van der Waals surface area contributed by atoms with Crippen molar-refractivity contribution in [3.05, 3.63) is 71.1 Å². The summed E-state index contributed by atoms with van der Waals surface area (Å²) in [5, 5.41) is 15.1. The second-order valence-corrected chi connectivity index (χ2v) is 10.1. The maximum atomic E-state index is 13.3. The lowest BCUT2D eigenvalue weighted by atomic mass is 9.69. The van der Waals surface area contributed by atoms with Gasteiger partial charge in [-0.3, -0.25) is 9.69 Å². The lowest BCUT2D eigenvalue weighted by Gasteiger charge is -2.43. The van der Waals surface area contributed by atoms with Crippen molar-refractivity contribution in [2.24, 2.45) is 16.3 Å². The number of nitrogens with two attached hydrogens (primary N) is 2. The molecule has 0 spiro atoms. The molecule has 1 aliphatic carbocycles. The van der Waals surface area contributed by atoms with Crippen LogP contribution in [0.3, 0.4) is 0 Å². The molecule has 1 aromatic carbocycles. The lowest BCUT2D eigenvalue weighted by molar-refractivity contribution is -0.118. The third kappa shape index (κ3) is 3.54. The molecule has 4 rings (SSSR count). The number of allylic oxidation sites excluding steroid dienone is 3. The fourth-order valence-corrected chi connectivity index (χ4v) is 4.84. The van der Waals surface area contributed by atoms with Crippen molar-refractivity contribution >= 4 is 21.5 Å². The van der Waals surface area contributed by atoms with Crippen molar-refractivity contribution in [1.82, 2.24) is 0 Å². The Morgan fingerprint density at radius 3 is 2.42 bits per heavy atom. The van der Waals surface area contributed by atoms with Crippen LogP contribution in [0.15, 0.2) is 74.6 Å². The van der Waals surface area contributed by atoms with Gasteiger partial charge in [0.15, 0.2) is 5.78 Å². The number of hydrogen-bond donors (Lipinski definition) is 2. The van der Waals surface area contributed by atoms with Gasteiger partial charge in [0.2, 0.25) is 10.0 Å². The SMILES string of the molecule is CC1(C)CC(=O)C2=C(C1)N(c1ccc(S(N)(=O)=O)cc1)C(N)=C(C#N)[C@H]2c1ccco1. The van der Waals surface area contributed by atoms with Gasteiger partial charge in [0.1, 0.15) is 11.6 Å². The lowest BCUT2D eigenvalue weighted by Crippen LogP contribution is -2.42. The molecule has 0 bridgehead atoms. The summed E-state index contributed by atoms with van der Waals surface area (Å²) in [5.41, 5.74) is 8.07. The van der Waals surface area contributed by atoms with Gasteiger partial charge in [-0.25, -0.2) is 13.6 Å². The molecule has 2 heterocycles. The van der Waals surface area contributed by atoms with Crippen LogP contribution in [-0.2, 0) is 14.8 Å². The van der Waals surface area contributed by atoms with Gasteiger partial charge in [-0.2, -0.15) is 5.26 Å². The van der Waals surface area contributed by atoms with Crippen molar-refractivity contribution in [3.8, 4) is 6.07 Å². The third-order valence-electron chi connectivity index (χ3n) is 5.63. The Hall–Kier alpha value is -3.35. The van der Waals surface area contributed by atoms with Gasteiger partial charge < -0.3 is 10.2 Å². The predicted octanol–water partition coefficient (Wildman–Crippen LogP) is 2.87. The molecule has 2 aromatic rings. The Kier molecular flexibility index (Phi) is 4.80. The summed E-state index contributed by atoms with van der Waals surface area (Å²) in [4.78, 5) is 14.9. The molecule has 0 unspecified atom stereocenters. The standard InChI is InChI=1S/C22H22N4O4S/c1-22(2)10-16-20(17(27)11-22)19(18-4-3-9-30-18)15(12-23)21(24)26(16)13-5-7-14(8-6-13)31(25,28)29/h3-9,19H,10-11,24H2,1-2H3,(H2,25,28,29)/t19-/m0/s1. The number of furan rings is 1. The highest BCUT2D eigenvalue weighted by Gasteiger charge is 2.45. The summed E-state index contributed by atoms with van der Waals surface area (Å²) in [5.74, 6) is -0.0987. The average Bonchev–Trinajstić information content (AvgIpc) is 3.20. The molecule has 9 heteroatoms. The topological polar surface area (TPSA) is 143 Å². The maximum Gasteiger partial charge on any atom is 0.238 e. The van der Waals surface area contributed by atoms with Crippen LogP contribution in [0.5, 0.6) is 0 Å². The average molecular weight is 439 g/mol. The smallest absolute Gasteiger partial charge is 0.238 e. The second-order valence-electron chi connectivity index (χ2n) is 8.53. The van der Waals surface area contributed by atoms with Gasteiger partial charge in [0.25, 0.3) is 0 Å². The number of carbonyl (C=O) groups excluding carboxylic acids is 1. The number of primary sulfonamides is 1. The van der Waals surface area contributed by atoms with E-state index in [4.69, 9.17) is 15.3 Å². The molecule has 0 amide bonds. The van der Waals surface area contributed by atoms with Crippen LogP contribution in [-0.4, -0.2) is 14.2 Å². The highest BCUT2D eigenvalue weighted by atomic mass is 32.2. The zero-order chi connectivity index (χ0) is 22.6. The molecule has 0 radical (unpaired) electrons. The summed E-state index contributed by atoms with van der Waals surface area (Å²) in [7, 11) is -3.86. The van der Waals surface area contributed by atoms with Gasteiger partial charge in [-0.15, -0.1) is 0 Å². The molecule has 0 saturated carbocycles. The quantitative estimate of drug-likeness (QED) is 0.750. The van der Waals surface area contributed by atoms with E-state index >= 15 is 0 Å². The van der Waals surface area contributed by atoms with Gasteiger partial charge in [-0.1, -0.05) is 13.8 Å². The number of ketones is 1. The van der Waals surface area contributed by atoms with Crippen molar-refractivity contribution < 1.29 is 17.6 Å². The normalized spacial score (nSPS) is 21.2. The van der Waals surface area contributed by atoms with Gasteiger partial charge in [0, 0.05) is 23.4 Å². The van der Waals surface area contributed by atoms with Crippen LogP contribution in [0.25, 0.3) is 0 Å². The maximum absolute atomic E-state index is 13.3. The summed E-state index contributed by atoms with van der Waals surface area (Å²) < 4.78 is 28.8. The largest absolute Gasteiger partial charge is 0.468 e. The first-order valence-corrected chi connectivity index (χ1v) is 11.2. The van der Waals surface area contributed by atoms with Crippen LogP contribution in [0, 0.1) is 16.7 Å². The number of anilines is 1. The zero-order valence-electron chi connectivity index (χ0n) is 17.1. The van der Waals surface area contributed by atoms with Gasteiger partial charge in [-0.05, 0) is 48.2 Å². The molecule has 1 aliphatic heterocycles. The molecule has 2 aliphatic rings. The van der Waals surface area contributed by atoms with Crippen LogP contribution in [0.1, 0.15) is 38.4 Å². The molecular weight excluding hydrogens is 416 g/mol. The first-order chi connectivity index (χ1) is 14.5. The number of nitrogens with zero attached hydrogens (tertiary/aromatic N) is 2. The molecular formula is C22H22N4O4S. The number of carbonyl (C=O) groups is 1. The summed E-state index contributed by atoms with van der Waals surface area (Å²) in [6.45, 7) is 4.00. The number of rotatable bonds is 3. The molecule has 31 heavy (non-hydrogen) atoms. The Balaban J connectivity index is 1.95. The van der Waals surface area contributed by atoms with Crippen LogP contribution < -0.4 is 15.8 Å². The Morgan fingerprint density at radius 2 is 1.87 bits per heavy atom. The number of benzene rings is 1. The predicted molar refractivity (Wildman–Crippen MR) is 114 cm³/mol. The zero-order valence-corrected chi connectivity index (χ0v) is 17.9. The summed E-state index contributed by atoms with van der Waals surface area (Å²) in [6, 6.07) is 11.5. The third-order valence-corrected chi connectivity index (χ3v) is 6.56. The Bertz CT molecular complexity index is 1260. The highest BCUT2D eigenvalue weighted by molar-refractivity contribution is 7.89. The second kappa shape index (κ2) is 7.11. The number of nitriles is 1. The highest BCUT2D eigenvalue weighted by Crippen LogP contribution is 2.50. The van der Waals surface area contributed by atoms with Crippen LogP contribution in [0.4, 0.5) is 5.69 Å². The van der Waals surface area contributed by atoms with E-state index in [-0.39, 0.29) is 27.5 Å². The van der Waals surface area contributed by atoms with E-state index in [2.05, 4.69) is 6.07 Å². The monoisotopic (exact) mass is 438 g/mol. The van der Waals surface area contributed by atoms with Gasteiger partial charge in [0.05, 0.1) is 28.7 Å². The molecule has 0 fully saturated rings. The van der Waals surface area contributed by atoms with Crippen molar-refractivity contribution in [2.75, 3.05) is 4.90 Å². The number of Topliss-reactive ketones (excluding diaryl/α,β-unsaturated/α-hetero) is 1. The fraction of sp³-hybridized carbons (Fsp3) is 0.273. The van der Waals surface area contributed by atoms with E-state index in [1.54, 1.807) is 29.2 Å². The molecule has 0 saturated heterocycles. The minimum atomic E-state index is -3.86. The van der Waals surface area contributed by atoms with E-state index < -0.39 is 15.9 Å². The van der Waals surface area contributed by atoms with E-state index in [1.165, 1.54) is 18.4 Å². The van der Waals surface area contributed by atoms with Crippen molar-refractivity contribution in [2.45, 2.75) is 37.5 Å². The van der Waals surface area contributed by atoms with E-state index in [1.807, 2.05) is 13.8 Å². The minimum absolute atomic E-state index is 0.0426. The summed E-state index contributed by atoms with van der Waals surface area (Å²) >= 11 is 0. The molecule has 1 atom stereocenters. The first kappa shape index (κ1) is 20.9. The molecule has 160 valence electrons. The van der Waals surface area contributed by atoms with Gasteiger partial charge >= 0.3 is 0 Å². The number of hydrogen-bond acceptors (Lipinski definition) is 7. The first-order valence-electron chi connectivity index (χ1n) is 9.66. The van der Waals surface area contributed by atoms with E-state index in [0.29, 0.717) is 35.6 Å². The van der Waals surface area contributed by atoms with Crippen LogP contribution >= 0.6 is 0 Å². The van der Waals surface area contributed by atoms with E-state index in [9.17, 15) is 18.5 Å². The fourth-order valence-electron chi connectivity index (χ4n) is 4.33. The molecule has 1 aromatic heterocycles. The minimum Gasteiger partial charge on any atom is -0.468 e. The van der Waals surface area contributed by atoms with Crippen LogP contribution in [0.2, 0.25) is 0 Å². The Morgan fingerprint density at radius 1 is 1.19 bits per heavy atom. The van der Waals surface area contributed by atoms with Crippen molar-refractivity contribution in [1.29, 1.82) is 5.26 Å². The van der Waals surface area contributed by atoms with Crippen molar-refractivity contribution in [3.63, 3.8) is 0 Å². The van der Waals surface area contributed by atoms with E-state index in [0.717, 1.165) is 0 Å².